The van der Waals surface area contributed by atoms with Gasteiger partial charge in [-0.15, -0.1) is 11.3 Å². The van der Waals surface area contributed by atoms with Crippen molar-refractivity contribution in [2.45, 2.75) is 12.8 Å². The average Bonchev–Trinajstić information content (AvgIpc) is 2.91. The Kier molecular flexibility index (Phi) is 5.64. The number of piperazine rings is 1. The normalized spacial score (nSPS) is 16.7. The maximum absolute atomic E-state index is 11.6. The first kappa shape index (κ1) is 13.5. The Balaban J connectivity index is 1.54. The first-order chi connectivity index (χ1) is 8.84. The monoisotopic (exact) mass is 267 g/mol. The van der Waals surface area contributed by atoms with E-state index in [-0.39, 0.29) is 5.91 Å². The van der Waals surface area contributed by atoms with Gasteiger partial charge in [0.25, 0.3) is 0 Å². The average molecular weight is 267 g/mol. The Bertz CT molecular complexity index is 347. The predicted molar refractivity (Wildman–Crippen MR) is 75.0 cm³/mol. The number of hydrogen-bond acceptors (Lipinski definition) is 4. The minimum absolute atomic E-state index is 0.165. The molecule has 4 nitrogen and oxygen atoms in total. The molecule has 18 heavy (non-hydrogen) atoms. The van der Waals surface area contributed by atoms with Gasteiger partial charge in [-0.05, 0) is 17.9 Å². The highest BCUT2D eigenvalue weighted by atomic mass is 32.1. The maximum atomic E-state index is 11.6. The van der Waals surface area contributed by atoms with Crippen LogP contribution in [-0.4, -0.2) is 50.1 Å². The molecule has 5 heteroatoms. The van der Waals surface area contributed by atoms with Crippen molar-refractivity contribution in [1.29, 1.82) is 0 Å². The molecule has 1 amide bonds. The standard InChI is InChI=1S/C13H21N3OS/c17-13(4-3-12-2-1-11-18-12)15-7-10-16-8-5-14-6-9-16/h1-2,11,14H,3-10H2,(H,15,17). The van der Waals surface area contributed by atoms with E-state index >= 15 is 0 Å². The van der Waals surface area contributed by atoms with Crippen LogP contribution in [0.25, 0.3) is 0 Å². The van der Waals surface area contributed by atoms with Crippen molar-refractivity contribution in [2.75, 3.05) is 39.3 Å². The van der Waals surface area contributed by atoms with Gasteiger partial charge < -0.3 is 10.6 Å². The van der Waals surface area contributed by atoms with Gasteiger partial charge >= 0.3 is 0 Å². The van der Waals surface area contributed by atoms with Crippen LogP contribution in [0, 0.1) is 0 Å². The molecule has 1 aromatic rings. The quantitative estimate of drug-likeness (QED) is 0.797. The first-order valence-corrected chi connectivity index (χ1v) is 7.45. The Morgan fingerprint density at radius 1 is 1.44 bits per heavy atom. The molecule has 1 saturated heterocycles. The summed E-state index contributed by atoms with van der Waals surface area (Å²) < 4.78 is 0. The molecule has 100 valence electrons. The minimum Gasteiger partial charge on any atom is -0.355 e. The molecule has 1 fully saturated rings. The van der Waals surface area contributed by atoms with Crippen LogP contribution in [0.15, 0.2) is 17.5 Å². The van der Waals surface area contributed by atoms with Crippen molar-refractivity contribution in [3.63, 3.8) is 0 Å². The minimum atomic E-state index is 0.165. The highest BCUT2D eigenvalue weighted by Crippen LogP contribution is 2.10. The molecule has 2 heterocycles. The van der Waals surface area contributed by atoms with Crippen LogP contribution in [0.4, 0.5) is 0 Å². The van der Waals surface area contributed by atoms with E-state index in [0.29, 0.717) is 6.42 Å². The first-order valence-electron chi connectivity index (χ1n) is 6.57. The van der Waals surface area contributed by atoms with Gasteiger partial charge in [-0.2, -0.15) is 0 Å². The van der Waals surface area contributed by atoms with Gasteiger partial charge in [0, 0.05) is 50.6 Å². The molecule has 2 rings (SSSR count). The van der Waals surface area contributed by atoms with Gasteiger partial charge in [0.1, 0.15) is 0 Å². The molecule has 0 saturated carbocycles. The molecule has 0 aliphatic carbocycles. The van der Waals surface area contributed by atoms with E-state index in [4.69, 9.17) is 0 Å². The maximum Gasteiger partial charge on any atom is 0.220 e. The summed E-state index contributed by atoms with van der Waals surface area (Å²) in [5, 5.41) is 8.37. The van der Waals surface area contributed by atoms with E-state index in [9.17, 15) is 4.79 Å². The molecular weight excluding hydrogens is 246 g/mol. The fraction of sp³-hybridized carbons (Fsp3) is 0.615. The lowest BCUT2D eigenvalue weighted by atomic mass is 10.2. The Morgan fingerprint density at radius 3 is 3.00 bits per heavy atom. The number of nitrogens with zero attached hydrogens (tertiary/aromatic N) is 1. The van der Waals surface area contributed by atoms with Crippen molar-refractivity contribution < 1.29 is 4.79 Å². The van der Waals surface area contributed by atoms with Crippen LogP contribution >= 0.6 is 11.3 Å². The molecule has 1 aliphatic heterocycles. The van der Waals surface area contributed by atoms with Gasteiger partial charge in [-0.3, -0.25) is 9.69 Å². The second-order valence-electron chi connectivity index (χ2n) is 4.52. The Labute approximate surface area is 112 Å². The SMILES string of the molecule is O=C(CCc1cccs1)NCCN1CCNCC1. The van der Waals surface area contributed by atoms with Crippen LogP contribution in [0.1, 0.15) is 11.3 Å². The molecule has 0 aromatic carbocycles. The van der Waals surface area contributed by atoms with Gasteiger partial charge in [-0.1, -0.05) is 6.07 Å². The summed E-state index contributed by atoms with van der Waals surface area (Å²) in [6.07, 6.45) is 1.46. The molecule has 0 radical (unpaired) electrons. The van der Waals surface area contributed by atoms with E-state index in [1.165, 1.54) is 4.88 Å². The molecule has 0 spiro atoms. The van der Waals surface area contributed by atoms with Gasteiger partial charge in [0.15, 0.2) is 0 Å². The van der Waals surface area contributed by atoms with Gasteiger partial charge in [-0.25, -0.2) is 0 Å². The smallest absolute Gasteiger partial charge is 0.220 e. The largest absolute Gasteiger partial charge is 0.355 e. The third-order valence-corrected chi connectivity index (χ3v) is 4.07. The second kappa shape index (κ2) is 7.51. The number of carbonyl (C=O) groups excluding carboxylic acids is 1. The zero-order valence-electron chi connectivity index (χ0n) is 10.7. The summed E-state index contributed by atoms with van der Waals surface area (Å²) in [6.45, 7) is 6.03. The molecule has 2 N–H and O–H groups in total. The number of hydrogen-bond donors (Lipinski definition) is 2. The number of amides is 1. The summed E-state index contributed by atoms with van der Waals surface area (Å²) in [4.78, 5) is 15.3. The fourth-order valence-corrected chi connectivity index (χ4v) is 2.78. The Morgan fingerprint density at radius 2 is 2.28 bits per heavy atom. The molecule has 1 aromatic heterocycles. The van der Waals surface area contributed by atoms with E-state index in [1.807, 2.05) is 6.07 Å². The Hall–Kier alpha value is -0.910. The third kappa shape index (κ3) is 4.76. The van der Waals surface area contributed by atoms with Crippen LogP contribution in [0.5, 0.6) is 0 Å². The van der Waals surface area contributed by atoms with Gasteiger partial charge in [0.2, 0.25) is 5.91 Å². The van der Waals surface area contributed by atoms with Crippen LogP contribution in [0.2, 0.25) is 0 Å². The summed E-state index contributed by atoms with van der Waals surface area (Å²) in [6, 6.07) is 4.11. The summed E-state index contributed by atoms with van der Waals surface area (Å²) in [5.41, 5.74) is 0. The molecule has 0 unspecified atom stereocenters. The van der Waals surface area contributed by atoms with E-state index in [0.717, 1.165) is 45.7 Å². The van der Waals surface area contributed by atoms with Crippen molar-refractivity contribution in [2.24, 2.45) is 0 Å². The lowest BCUT2D eigenvalue weighted by Crippen LogP contribution is -2.46. The van der Waals surface area contributed by atoms with Crippen LogP contribution in [0.3, 0.4) is 0 Å². The summed E-state index contributed by atoms with van der Waals surface area (Å²) in [7, 11) is 0. The van der Waals surface area contributed by atoms with Crippen molar-refractivity contribution in [1.82, 2.24) is 15.5 Å². The molecule has 1 aliphatic rings. The fourth-order valence-electron chi connectivity index (χ4n) is 2.07. The van der Waals surface area contributed by atoms with Crippen molar-refractivity contribution in [3.8, 4) is 0 Å². The summed E-state index contributed by atoms with van der Waals surface area (Å²) >= 11 is 1.72. The number of carbonyl (C=O) groups is 1. The van der Waals surface area contributed by atoms with Crippen molar-refractivity contribution >= 4 is 17.2 Å². The zero-order valence-corrected chi connectivity index (χ0v) is 11.5. The van der Waals surface area contributed by atoms with Crippen LogP contribution in [-0.2, 0) is 11.2 Å². The van der Waals surface area contributed by atoms with E-state index < -0.39 is 0 Å². The topological polar surface area (TPSA) is 44.4 Å². The number of rotatable bonds is 6. The van der Waals surface area contributed by atoms with Gasteiger partial charge in [0.05, 0.1) is 0 Å². The van der Waals surface area contributed by atoms with Crippen molar-refractivity contribution in [3.05, 3.63) is 22.4 Å². The molecule has 0 bridgehead atoms. The lowest BCUT2D eigenvalue weighted by molar-refractivity contribution is -0.121. The number of thiophene rings is 1. The summed E-state index contributed by atoms with van der Waals surface area (Å²) in [5.74, 6) is 0.165. The number of aryl methyl sites for hydroxylation is 1. The van der Waals surface area contributed by atoms with E-state index in [1.54, 1.807) is 11.3 Å². The van der Waals surface area contributed by atoms with Crippen LogP contribution < -0.4 is 10.6 Å². The highest BCUT2D eigenvalue weighted by Gasteiger charge is 2.09. The second-order valence-corrected chi connectivity index (χ2v) is 5.55. The highest BCUT2D eigenvalue weighted by molar-refractivity contribution is 7.09. The van der Waals surface area contributed by atoms with E-state index in [2.05, 4.69) is 27.0 Å². The molecule has 0 atom stereocenters. The third-order valence-electron chi connectivity index (χ3n) is 3.14. The predicted octanol–water partition coefficient (Wildman–Crippen LogP) is 0.702. The zero-order chi connectivity index (χ0) is 12.6. The lowest BCUT2D eigenvalue weighted by Gasteiger charge is -2.27. The number of nitrogens with one attached hydrogen (secondary N) is 2. The molecular formula is C13H21N3OS.